The number of halogens is 4. The van der Waals surface area contributed by atoms with Crippen molar-refractivity contribution >= 4 is 32.1 Å². The SMILES string of the molecule is CC(C)n1nnc2c(F)cc3cnc(OS(=O)(=O)C(F)(F)F)nc3c21. The molecule has 0 spiro atoms. The zero-order chi connectivity index (χ0) is 18.6. The molecule has 1 aromatic carbocycles. The molecule has 13 heteroatoms. The highest BCUT2D eigenvalue weighted by molar-refractivity contribution is 7.87. The van der Waals surface area contributed by atoms with E-state index in [4.69, 9.17) is 0 Å². The summed E-state index contributed by atoms with van der Waals surface area (Å²) in [7, 11) is -5.93. The molecule has 0 unspecified atom stereocenters. The van der Waals surface area contributed by atoms with Crippen LogP contribution >= 0.6 is 0 Å². The van der Waals surface area contributed by atoms with Crippen LogP contribution < -0.4 is 4.18 Å². The Bertz CT molecular complexity index is 1080. The Balaban J connectivity index is 2.25. The van der Waals surface area contributed by atoms with Gasteiger partial charge in [0.05, 0.1) is 0 Å². The van der Waals surface area contributed by atoms with E-state index >= 15 is 0 Å². The molecule has 0 atom stereocenters. The first-order valence-corrected chi connectivity index (χ1v) is 8.13. The summed E-state index contributed by atoms with van der Waals surface area (Å²) in [5.41, 5.74) is -5.76. The van der Waals surface area contributed by atoms with E-state index < -0.39 is 27.5 Å². The van der Waals surface area contributed by atoms with Crippen molar-refractivity contribution in [1.29, 1.82) is 0 Å². The smallest absolute Gasteiger partial charge is 0.337 e. The number of rotatable bonds is 3. The van der Waals surface area contributed by atoms with Crippen LogP contribution in [0.15, 0.2) is 12.3 Å². The van der Waals surface area contributed by atoms with Crippen LogP contribution in [-0.4, -0.2) is 38.9 Å². The van der Waals surface area contributed by atoms with Crippen molar-refractivity contribution in [2.24, 2.45) is 0 Å². The molecule has 0 bridgehead atoms. The maximum Gasteiger partial charge on any atom is 0.534 e. The van der Waals surface area contributed by atoms with Gasteiger partial charge in [-0.05, 0) is 19.9 Å². The predicted molar refractivity (Wildman–Crippen MR) is 76.6 cm³/mol. The lowest BCUT2D eigenvalue weighted by Crippen LogP contribution is -2.28. The summed E-state index contributed by atoms with van der Waals surface area (Å²) < 4.78 is 78.7. The molecule has 0 radical (unpaired) electrons. The highest BCUT2D eigenvalue weighted by atomic mass is 32.2. The Morgan fingerprint density at radius 3 is 2.52 bits per heavy atom. The second-order valence-corrected chi connectivity index (χ2v) is 6.79. The fraction of sp³-hybridized carbons (Fsp3) is 0.333. The van der Waals surface area contributed by atoms with Gasteiger partial charge in [-0.1, -0.05) is 5.21 Å². The summed E-state index contributed by atoms with van der Waals surface area (Å²) in [6, 6.07) is -0.304. The molecule has 2 heterocycles. The van der Waals surface area contributed by atoms with Crippen LogP contribution in [0.4, 0.5) is 17.6 Å². The Morgan fingerprint density at radius 1 is 1.24 bits per heavy atom. The normalized spacial score (nSPS) is 13.1. The zero-order valence-corrected chi connectivity index (χ0v) is 13.4. The molecule has 0 saturated heterocycles. The van der Waals surface area contributed by atoms with Gasteiger partial charge in [0.2, 0.25) is 0 Å². The Labute approximate surface area is 137 Å². The van der Waals surface area contributed by atoms with Crippen molar-refractivity contribution < 1.29 is 30.2 Å². The Hall–Kier alpha value is -2.57. The number of hydrogen-bond donors (Lipinski definition) is 0. The number of nitrogens with zero attached hydrogens (tertiary/aromatic N) is 5. The van der Waals surface area contributed by atoms with Crippen LogP contribution in [0, 0.1) is 5.82 Å². The highest BCUT2D eigenvalue weighted by Crippen LogP contribution is 2.29. The first-order valence-electron chi connectivity index (χ1n) is 6.72. The summed E-state index contributed by atoms with van der Waals surface area (Å²) >= 11 is 0. The Morgan fingerprint density at radius 2 is 1.92 bits per heavy atom. The molecule has 0 aliphatic rings. The van der Waals surface area contributed by atoms with Crippen molar-refractivity contribution in [3.63, 3.8) is 0 Å². The molecule has 25 heavy (non-hydrogen) atoms. The van der Waals surface area contributed by atoms with Gasteiger partial charge in [0.25, 0.3) is 0 Å². The van der Waals surface area contributed by atoms with Crippen LogP contribution in [-0.2, 0) is 10.1 Å². The van der Waals surface area contributed by atoms with E-state index in [0.29, 0.717) is 0 Å². The average Bonchev–Trinajstić information content (AvgIpc) is 2.92. The Kier molecular flexibility index (Phi) is 3.78. The van der Waals surface area contributed by atoms with Crippen molar-refractivity contribution in [2.45, 2.75) is 25.4 Å². The molecule has 8 nitrogen and oxygen atoms in total. The maximum absolute atomic E-state index is 14.1. The van der Waals surface area contributed by atoms with E-state index in [1.807, 2.05) is 0 Å². The minimum Gasteiger partial charge on any atom is -0.337 e. The van der Waals surface area contributed by atoms with Gasteiger partial charge in [-0.25, -0.2) is 14.1 Å². The molecule has 3 rings (SSSR count). The van der Waals surface area contributed by atoms with Gasteiger partial charge in [-0.2, -0.15) is 26.6 Å². The number of aromatic nitrogens is 5. The quantitative estimate of drug-likeness (QED) is 0.391. The largest absolute Gasteiger partial charge is 0.534 e. The van der Waals surface area contributed by atoms with E-state index in [0.717, 1.165) is 12.3 Å². The van der Waals surface area contributed by atoms with Crippen LogP contribution in [0.3, 0.4) is 0 Å². The number of fused-ring (bicyclic) bond motifs is 3. The molecule has 0 saturated carbocycles. The van der Waals surface area contributed by atoms with Crippen LogP contribution in [0.5, 0.6) is 6.01 Å². The minimum absolute atomic E-state index is 0.0440. The van der Waals surface area contributed by atoms with Crippen molar-refractivity contribution in [3.05, 3.63) is 18.1 Å². The molecule has 134 valence electrons. The first kappa shape index (κ1) is 17.3. The van der Waals surface area contributed by atoms with Gasteiger partial charge in [-0.15, -0.1) is 5.10 Å². The summed E-state index contributed by atoms with van der Waals surface area (Å²) in [5, 5.41) is 7.56. The third-order valence-electron chi connectivity index (χ3n) is 3.18. The lowest BCUT2D eigenvalue weighted by atomic mass is 10.2. The molecule has 0 fully saturated rings. The predicted octanol–water partition coefficient (Wildman–Crippen LogP) is 2.32. The second kappa shape index (κ2) is 5.47. The van der Waals surface area contributed by atoms with E-state index in [9.17, 15) is 26.0 Å². The van der Waals surface area contributed by atoms with Crippen molar-refractivity contribution in [3.8, 4) is 6.01 Å². The van der Waals surface area contributed by atoms with Gasteiger partial charge >= 0.3 is 21.6 Å². The van der Waals surface area contributed by atoms with E-state index in [1.54, 1.807) is 13.8 Å². The second-order valence-electron chi connectivity index (χ2n) is 5.26. The summed E-state index contributed by atoms with van der Waals surface area (Å²) in [4.78, 5) is 7.06. The number of benzene rings is 1. The van der Waals surface area contributed by atoms with Gasteiger partial charge in [0.15, 0.2) is 11.3 Å². The lowest BCUT2D eigenvalue weighted by Gasteiger charge is -2.10. The fourth-order valence-electron chi connectivity index (χ4n) is 2.10. The summed E-state index contributed by atoms with van der Waals surface area (Å²) in [5.74, 6) is -0.727. The molecule has 3 aromatic rings. The zero-order valence-electron chi connectivity index (χ0n) is 12.6. The third kappa shape index (κ3) is 2.83. The topological polar surface area (TPSA) is 99.9 Å². The van der Waals surface area contributed by atoms with Gasteiger partial charge in [0.1, 0.15) is 11.0 Å². The van der Waals surface area contributed by atoms with E-state index in [2.05, 4.69) is 24.5 Å². The van der Waals surface area contributed by atoms with Crippen LogP contribution in [0.1, 0.15) is 19.9 Å². The van der Waals surface area contributed by atoms with E-state index in [1.165, 1.54) is 4.68 Å². The molecular formula is C12H9F4N5O3S. The third-order valence-corrected chi connectivity index (χ3v) is 4.11. The van der Waals surface area contributed by atoms with Crippen molar-refractivity contribution in [1.82, 2.24) is 25.0 Å². The molecule has 0 N–H and O–H groups in total. The highest BCUT2D eigenvalue weighted by Gasteiger charge is 2.49. The van der Waals surface area contributed by atoms with Gasteiger partial charge < -0.3 is 4.18 Å². The summed E-state index contributed by atoms with van der Waals surface area (Å²) in [6.07, 6.45) is 0.948. The molecule has 0 amide bonds. The molecule has 0 aliphatic carbocycles. The number of alkyl halides is 3. The monoisotopic (exact) mass is 379 g/mol. The first-order chi connectivity index (χ1) is 11.5. The number of hydrogen-bond acceptors (Lipinski definition) is 7. The lowest BCUT2D eigenvalue weighted by molar-refractivity contribution is -0.0502. The van der Waals surface area contributed by atoms with Crippen LogP contribution in [0.2, 0.25) is 0 Å². The minimum atomic E-state index is -5.93. The molecular weight excluding hydrogens is 370 g/mol. The molecule has 0 aliphatic heterocycles. The maximum atomic E-state index is 14.1. The van der Waals surface area contributed by atoms with Gasteiger partial charge in [-0.3, -0.25) is 0 Å². The average molecular weight is 379 g/mol. The molecule has 2 aromatic heterocycles. The van der Waals surface area contributed by atoms with E-state index in [-0.39, 0.29) is 28.0 Å². The summed E-state index contributed by atoms with van der Waals surface area (Å²) in [6.45, 7) is 3.44. The fourth-order valence-corrected chi connectivity index (χ4v) is 2.47. The van der Waals surface area contributed by atoms with Gasteiger partial charge in [0, 0.05) is 17.6 Å². The van der Waals surface area contributed by atoms with Crippen LogP contribution in [0.25, 0.3) is 21.9 Å². The van der Waals surface area contributed by atoms with Crippen molar-refractivity contribution in [2.75, 3.05) is 0 Å². The standard InChI is InChI=1S/C12H9F4N5O3S/c1-5(2)21-10-8-6(3-7(13)9(10)19-20-21)4-17-11(18-8)24-25(22,23)12(14,15)16/h3-5H,1-2H3.